The minimum absolute atomic E-state index is 0.0639. The van der Waals surface area contributed by atoms with Gasteiger partial charge in [-0.3, -0.25) is 14.5 Å². The summed E-state index contributed by atoms with van der Waals surface area (Å²) in [6, 6.07) is 11.9. The van der Waals surface area contributed by atoms with E-state index in [-0.39, 0.29) is 10.6 Å². The molecule has 0 radical (unpaired) electrons. The SMILES string of the molecule is C[C@@]1(c2cccc(-n3cnnn3)c2)NC(=O)N(CC(=O)Nc2ccccc2S(C)(=O)=O)C1=O. The number of aromatic nitrogens is 4. The molecule has 0 bridgehead atoms. The minimum atomic E-state index is -3.60. The fourth-order valence-corrected chi connectivity index (χ4v) is 4.35. The molecule has 1 aromatic heterocycles. The molecule has 3 aromatic rings. The smallest absolute Gasteiger partial charge is 0.323 e. The molecule has 1 aliphatic heterocycles. The molecular weight excluding hydrogens is 450 g/mol. The van der Waals surface area contributed by atoms with E-state index in [2.05, 4.69) is 26.2 Å². The number of para-hydroxylation sites is 1. The van der Waals surface area contributed by atoms with Crippen molar-refractivity contribution in [3.8, 4) is 5.69 Å². The van der Waals surface area contributed by atoms with Crippen molar-refractivity contribution >= 4 is 33.4 Å². The van der Waals surface area contributed by atoms with Gasteiger partial charge in [-0.15, -0.1) is 5.10 Å². The minimum Gasteiger partial charge on any atom is -0.323 e. The van der Waals surface area contributed by atoms with E-state index >= 15 is 0 Å². The number of nitrogens with zero attached hydrogens (tertiary/aromatic N) is 5. The summed E-state index contributed by atoms with van der Waals surface area (Å²) in [7, 11) is -3.60. The van der Waals surface area contributed by atoms with Crippen LogP contribution in [0, 0.1) is 0 Å². The Morgan fingerprint density at radius 2 is 1.91 bits per heavy atom. The summed E-state index contributed by atoms with van der Waals surface area (Å²) in [6.07, 6.45) is 2.41. The number of amides is 4. The fourth-order valence-electron chi connectivity index (χ4n) is 3.50. The lowest BCUT2D eigenvalue weighted by Crippen LogP contribution is -2.42. The van der Waals surface area contributed by atoms with E-state index in [1.54, 1.807) is 30.3 Å². The normalized spacial score (nSPS) is 18.3. The molecule has 0 spiro atoms. The predicted octanol–water partition coefficient (Wildman–Crippen LogP) is 0.472. The van der Waals surface area contributed by atoms with Crippen molar-refractivity contribution in [2.45, 2.75) is 17.4 Å². The van der Waals surface area contributed by atoms with E-state index in [1.807, 2.05) is 0 Å². The monoisotopic (exact) mass is 469 g/mol. The van der Waals surface area contributed by atoms with Crippen LogP contribution in [0.2, 0.25) is 0 Å². The molecule has 1 fully saturated rings. The maximum absolute atomic E-state index is 13.2. The van der Waals surface area contributed by atoms with E-state index in [9.17, 15) is 22.8 Å². The van der Waals surface area contributed by atoms with Crippen LogP contribution in [0.25, 0.3) is 5.69 Å². The number of sulfone groups is 1. The molecule has 2 N–H and O–H groups in total. The van der Waals surface area contributed by atoms with Gasteiger partial charge in [0.05, 0.1) is 16.3 Å². The van der Waals surface area contributed by atoms with Gasteiger partial charge in [0.25, 0.3) is 5.91 Å². The zero-order valence-electron chi connectivity index (χ0n) is 17.6. The third kappa shape index (κ3) is 4.17. The average Bonchev–Trinajstić information content (AvgIpc) is 3.38. The topological polar surface area (TPSA) is 156 Å². The molecule has 4 amide bonds. The summed E-state index contributed by atoms with van der Waals surface area (Å²) < 4.78 is 25.3. The Kier molecular flexibility index (Phi) is 5.41. The van der Waals surface area contributed by atoms with E-state index < -0.39 is 39.8 Å². The number of nitrogens with one attached hydrogen (secondary N) is 2. The zero-order chi connectivity index (χ0) is 23.8. The first-order valence-electron chi connectivity index (χ1n) is 9.66. The molecule has 33 heavy (non-hydrogen) atoms. The van der Waals surface area contributed by atoms with Crippen molar-refractivity contribution in [3.05, 3.63) is 60.4 Å². The van der Waals surface area contributed by atoms with Crippen LogP contribution in [0.3, 0.4) is 0 Å². The molecule has 170 valence electrons. The summed E-state index contributed by atoms with van der Waals surface area (Å²) in [5.41, 5.74) is -0.311. The molecule has 1 saturated heterocycles. The largest absolute Gasteiger partial charge is 0.325 e. The molecule has 2 heterocycles. The lowest BCUT2D eigenvalue weighted by Gasteiger charge is -2.22. The Hall–Kier alpha value is -4.13. The highest BCUT2D eigenvalue weighted by molar-refractivity contribution is 7.90. The van der Waals surface area contributed by atoms with Gasteiger partial charge in [-0.1, -0.05) is 24.3 Å². The van der Waals surface area contributed by atoms with E-state index in [0.29, 0.717) is 11.3 Å². The highest BCUT2D eigenvalue weighted by atomic mass is 32.2. The number of anilines is 1. The van der Waals surface area contributed by atoms with Crippen molar-refractivity contribution in [2.75, 3.05) is 18.1 Å². The summed E-state index contributed by atoms with van der Waals surface area (Å²) in [5.74, 6) is -1.35. The molecule has 1 aliphatic rings. The third-order valence-corrected chi connectivity index (χ3v) is 6.33. The Morgan fingerprint density at radius 1 is 1.15 bits per heavy atom. The van der Waals surface area contributed by atoms with Gasteiger partial charge in [0.2, 0.25) is 5.91 Å². The van der Waals surface area contributed by atoms with Crippen molar-refractivity contribution in [2.24, 2.45) is 0 Å². The van der Waals surface area contributed by atoms with Crippen LogP contribution in [0.15, 0.2) is 59.8 Å². The number of urea groups is 1. The van der Waals surface area contributed by atoms with E-state index in [1.165, 1.54) is 36.1 Å². The molecular formula is C20H19N7O5S. The van der Waals surface area contributed by atoms with Crippen molar-refractivity contribution < 1.29 is 22.8 Å². The fraction of sp³-hybridized carbons (Fsp3) is 0.200. The highest BCUT2D eigenvalue weighted by Crippen LogP contribution is 2.30. The maximum Gasteiger partial charge on any atom is 0.325 e. The van der Waals surface area contributed by atoms with Crippen molar-refractivity contribution in [3.63, 3.8) is 0 Å². The number of hydrogen-bond donors (Lipinski definition) is 2. The predicted molar refractivity (Wildman–Crippen MR) is 115 cm³/mol. The molecule has 0 saturated carbocycles. The number of rotatable bonds is 6. The number of carbonyl (C=O) groups is 3. The average molecular weight is 469 g/mol. The number of hydrogen-bond acceptors (Lipinski definition) is 8. The van der Waals surface area contributed by atoms with Crippen LogP contribution >= 0.6 is 0 Å². The third-order valence-electron chi connectivity index (χ3n) is 5.17. The first-order valence-corrected chi connectivity index (χ1v) is 11.6. The van der Waals surface area contributed by atoms with E-state index in [4.69, 9.17) is 0 Å². The first-order chi connectivity index (χ1) is 15.6. The van der Waals surface area contributed by atoms with Crippen LogP contribution < -0.4 is 10.6 Å². The van der Waals surface area contributed by atoms with Gasteiger partial charge in [0.15, 0.2) is 9.84 Å². The second kappa shape index (κ2) is 8.09. The Morgan fingerprint density at radius 3 is 2.61 bits per heavy atom. The molecule has 2 aromatic carbocycles. The summed E-state index contributed by atoms with van der Waals surface area (Å²) in [5, 5.41) is 16.0. The summed E-state index contributed by atoms with van der Waals surface area (Å²) >= 11 is 0. The van der Waals surface area contributed by atoms with Crippen LogP contribution in [0.1, 0.15) is 12.5 Å². The molecule has 4 rings (SSSR count). The zero-order valence-corrected chi connectivity index (χ0v) is 18.4. The maximum atomic E-state index is 13.2. The molecule has 0 unspecified atom stereocenters. The van der Waals surface area contributed by atoms with Crippen LogP contribution in [-0.4, -0.2) is 64.2 Å². The van der Waals surface area contributed by atoms with E-state index in [0.717, 1.165) is 11.2 Å². The van der Waals surface area contributed by atoms with Crippen LogP contribution in [-0.2, 0) is 25.0 Å². The Bertz CT molecular complexity index is 1360. The van der Waals surface area contributed by atoms with Crippen molar-refractivity contribution in [1.82, 2.24) is 30.4 Å². The quantitative estimate of drug-likeness (QED) is 0.494. The summed E-state index contributed by atoms with van der Waals surface area (Å²) in [4.78, 5) is 39.1. The second-order valence-corrected chi connectivity index (χ2v) is 9.55. The van der Waals surface area contributed by atoms with Gasteiger partial charge in [-0.05, 0) is 47.2 Å². The molecule has 13 heteroatoms. The van der Waals surface area contributed by atoms with Gasteiger partial charge >= 0.3 is 6.03 Å². The number of imide groups is 1. The number of carbonyl (C=O) groups excluding carboxylic acids is 3. The van der Waals surface area contributed by atoms with Crippen molar-refractivity contribution in [1.29, 1.82) is 0 Å². The first kappa shape index (κ1) is 22.1. The van der Waals surface area contributed by atoms with Gasteiger partial charge in [-0.25, -0.2) is 17.9 Å². The van der Waals surface area contributed by atoms with Gasteiger partial charge in [-0.2, -0.15) is 0 Å². The molecule has 1 atom stereocenters. The Labute approximate surface area is 188 Å². The molecule has 12 nitrogen and oxygen atoms in total. The number of tetrazole rings is 1. The molecule has 0 aliphatic carbocycles. The summed E-state index contributed by atoms with van der Waals surface area (Å²) in [6.45, 7) is 0.938. The second-order valence-electron chi connectivity index (χ2n) is 7.57. The van der Waals surface area contributed by atoms with Gasteiger partial charge in [0, 0.05) is 6.26 Å². The standard InChI is InChI=1S/C20H19N7O5S/c1-20(13-6-5-7-14(10-13)27-12-21-24-25-27)18(29)26(19(30)23-20)11-17(28)22-15-8-3-4-9-16(15)33(2,31)32/h3-10,12H,11H2,1-2H3,(H,22,28)(H,23,30)/t20-/m0/s1. The van der Waals surface area contributed by atoms with Crippen LogP contribution in [0.5, 0.6) is 0 Å². The van der Waals surface area contributed by atoms with Crippen LogP contribution in [0.4, 0.5) is 10.5 Å². The Balaban J connectivity index is 1.55. The lowest BCUT2D eigenvalue weighted by atomic mass is 9.91. The highest BCUT2D eigenvalue weighted by Gasteiger charge is 2.49. The number of benzene rings is 2. The lowest BCUT2D eigenvalue weighted by molar-refractivity contribution is -0.133. The van der Waals surface area contributed by atoms with Gasteiger partial charge in [0.1, 0.15) is 18.4 Å². The van der Waals surface area contributed by atoms with Gasteiger partial charge < -0.3 is 10.6 Å².